The van der Waals surface area contributed by atoms with E-state index in [9.17, 15) is 4.79 Å². The molecular weight excluding hydrogens is 232 g/mol. The lowest BCUT2D eigenvalue weighted by Crippen LogP contribution is -1.96. The highest BCUT2D eigenvalue weighted by molar-refractivity contribution is 5.75. The van der Waals surface area contributed by atoms with E-state index in [4.69, 9.17) is 0 Å². The molecule has 0 heterocycles. The SMILES string of the molecule is CC.CCCC.CCCCC(C)CCCCC(C)=O. The van der Waals surface area contributed by atoms with Crippen LogP contribution in [0.1, 0.15) is 106 Å². The standard InChI is InChI=1S/C12H24O.C4H10.C2H6/c1-4-5-8-11(2)9-6-7-10-12(3)13;1-3-4-2;1-2/h11H,4-10H2,1-3H3;3-4H2,1-2H3;1-2H3. The van der Waals surface area contributed by atoms with E-state index in [-0.39, 0.29) is 0 Å². The fourth-order valence-electron chi connectivity index (χ4n) is 1.56. The summed E-state index contributed by atoms with van der Waals surface area (Å²) in [6.07, 6.45) is 11.0. The maximum atomic E-state index is 10.7. The maximum absolute atomic E-state index is 10.7. The second-order valence-corrected chi connectivity index (χ2v) is 5.20. The van der Waals surface area contributed by atoms with Gasteiger partial charge in [-0.1, -0.05) is 86.5 Å². The predicted octanol–water partition coefficient (Wildman–Crippen LogP) is 6.79. The summed E-state index contributed by atoms with van der Waals surface area (Å²) >= 11 is 0. The number of ketones is 1. The lowest BCUT2D eigenvalue weighted by Gasteiger charge is -2.09. The molecule has 1 heteroatoms. The minimum Gasteiger partial charge on any atom is -0.300 e. The summed E-state index contributed by atoms with van der Waals surface area (Å²) in [5, 5.41) is 0. The van der Waals surface area contributed by atoms with Gasteiger partial charge in [0, 0.05) is 6.42 Å². The molecule has 0 fully saturated rings. The zero-order valence-electron chi connectivity index (χ0n) is 14.8. The van der Waals surface area contributed by atoms with Crippen LogP contribution in [-0.2, 0) is 4.79 Å². The molecular formula is C18H40O. The fourth-order valence-corrected chi connectivity index (χ4v) is 1.56. The van der Waals surface area contributed by atoms with Gasteiger partial charge in [0.2, 0.25) is 0 Å². The van der Waals surface area contributed by atoms with Gasteiger partial charge in [0.25, 0.3) is 0 Å². The average Bonchev–Trinajstić information content (AvgIpc) is 2.43. The van der Waals surface area contributed by atoms with Gasteiger partial charge in [-0.25, -0.2) is 0 Å². The normalized spacial score (nSPS) is 10.7. The third-order valence-electron chi connectivity index (χ3n) is 3.03. The number of carbonyl (C=O) groups excluding carboxylic acids is 1. The van der Waals surface area contributed by atoms with Gasteiger partial charge in [0.05, 0.1) is 0 Å². The smallest absolute Gasteiger partial charge is 0.129 e. The summed E-state index contributed by atoms with van der Waals surface area (Å²) in [7, 11) is 0. The summed E-state index contributed by atoms with van der Waals surface area (Å²) in [5.41, 5.74) is 0. The number of hydrogen-bond acceptors (Lipinski definition) is 1. The zero-order chi connectivity index (χ0) is 15.5. The summed E-state index contributed by atoms with van der Waals surface area (Å²) < 4.78 is 0. The van der Waals surface area contributed by atoms with E-state index in [1.807, 2.05) is 13.8 Å². The Kier molecular flexibility index (Phi) is 28.5. The van der Waals surface area contributed by atoms with Gasteiger partial charge >= 0.3 is 0 Å². The average molecular weight is 273 g/mol. The maximum Gasteiger partial charge on any atom is 0.129 e. The Morgan fingerprint density at radius 1 is 0.842 bits per heavy atom. The van der Waals surface area contributed by atoms with Crippen molar-refractivity contribution in [1.82, 2.24) is 0 Å². The van der Waals surface area contributed by atoms with Crippen molar-refractivity contribution in [3.8, 4) is 0 Å². The van der Waals surface area contributed by atoms with Crippen molar-refractivity contribution in [3.05, 3.63) is 0 Å². The highest BCUT2D eigenvalue weighted by atomic mass is 16.1. The molecule has 0 amide bonds. The van der Waals surface area contributed by atoms with Gasteiger partial charge in [-0.3, -0.25) is 0 Å². The van der Waals surface area contributed by atoms with E-state index in [0.29, 0.717) is 5.78 Å². The van der Waals surface area contributed by atoms with Gasteiger partial charge in [0.1, 0.15) is 5.78 Å². The Morgan fingerprint density at radius 2 is 1.32 bits per heavy atom. The first kappa shape index (κ1) is 23.7. The van der Waals surface area contributed by atoms with E-state index >= 15 is 0 Å². The molecule has 0 bridgehead atoms. The van der Waals surface area contributed by atoms with Crippen molar-refractivity contribution >= 4 is 5.78 Å². The number of Topliss-reactive ketones (excluding diaryl/α,β-unsaturated/α-hetero) is 1. The molecule has 0 aromatic carbocycles. The van der Waals surface area contributed by atoms with Crippen molar-refractivity contribution in [1.29, 1.82) is 0 Å². The molecule has 0 aromatic rings. The Labute approximate surface area is 123 Å². The molecule has 1 atom stereocenters. The van der Waals surface area contributed by atoms with Crippen LogP contribution >= 0.6 is 0 Å². The van der Waals surface area contributed by atoms with Crippen molar-refractivity contribution in [3.63, 3.8) is 0 Å². The molecule has 0 aliphatic heterocycles. The molecule has 0 radical (unpaired) electrons. The van der Waals surface area contributed by atoms with Crippen LogP contribution in [-0.4, -0.2) is 5.78 Å². The van der Waals surface area contributed by atoms with E-state index in [1.165, 1.54) is 44.9 Å². The zero-order valence-corrected chi connectivity index (χ0v) is 14.8. The molecule has 0 aliphatic rings. The number of hydrogen-bond donors (Lipinski definition) is 0. The first-order chi connectivity index (χ1) is 9.08. The highest BCUT2D eigenvalue weighted by Crippen LogP contribution is 2.15. The summed E-state index contributed by atoms with van der Waals surface area (Å²) in [4.78, 5) is 10.7. The number of unbranched alkanes of at least 4 members (excludes halogenated alkanes) is 3. The van der Waals surface area contributed by atoms with Crippen LogP contribution in [0.3, 0.4) is 0 Å². The Balaban J connectivity index is -0.000000361. The third-order valence-corrected chi connectivity index (χ3v) is 3.03. The van der Waals surface area contributed by atoms with Crippen LogP contribution in [0, 0.1) is 5.92 Å². The van der Waals surface area contributed by atoms with Crippen LogP contribution in [0.2, 0.25) is 0 Å². The first-order valence-electron chi connectivity index (χ1n) is 8.57. The van der Waals surface area contributed by atoms with Crippen LogP contribution in [0.15, 0.2) is 0 Å². The summed E-state index contributed by atoms with van der Waals surface area (Å²) in [6.45, 7) is 14.6. The second-order valence-electron chi connectivity index (χ2n) is 5.20. The topological polar surface area (TPSA) is 17.1 Å². The van der Waals surface area contributed by atoms with Crippen LogP contribution < -0.4 is 0 Å². The monoisotopic (exact) mass is 272 g/mol. The number of rotatable bonds is 9. The first-order valence-corrected chi connectivity index (χ1v) is 8.57. The van der Waals surface area contributed by atoms with Crippen LogP contribution in [0.5, 0.6) is 0 Å². The summed E-state index contributed by atoms with van der Waals surface area (Å²) in [5.74, 6) is 1.19. The van der Waals surface area contributed by atoms with E-state index < -0.39 is 0 Å². The quantitative estimate of drug-likeness (QED) is 0.422. The second kappa shape index (κ2) is 22.8. The van der Waals surface area contributed by atoms with Crippen molar-refractivity contribution in [2.24, 2.45) is 5.92 Å². The van der Waals surface area contributed by atoms with Crippen LogP contribution in [0.4, 0.5) is 0 Å². The van der Waals surface area contributed by atoms with Crippen molar-refractivity contribution < 1.29 is 4.79 Å². The summed E-state index contributed by atoms with van der Waals surface area (Å²) in [6, 6.07) is 0. The molecule has 0 rings (SSSR count). The lowest BCUT2D eigenvalue weighted by atomic mass is 9.97. The Morgan fingerprint density at radius 3 is 1.68 bits per heavy atom. The van der Waals surface area contributed by atoms with Gasteiger partial charge in [-0.15, -0.1) is 0 Å². The van der Waals surface area contributed by atoms with E-state index in [2.05, 4.69) is 27.7 Å². The predicted molar refractivity (Wildman–Crippen MR) is 89.8 cm³/mol. The fraction of sp³-hybridized carbons (Fsp3) is 0.944. The molecule has 0 N–H and O–H groups in total. The molecule has 0 saturated carbocycles. The van der Waals surface area contributed by atoms with Gasteiger partial charge in [-0.2, -0.15) is 0 Å². The van der Waals surface area contributed by atoms with E-state index in [0.717, 1.165) is 18.8 Å². The molecule has 1 nitrogen and oxygen atoms in total. The molecule has 19 heavy (non-hydrogen) atoms. The minimum absolute atomic E-state index is 0.334. The highest BCUT2D eigenvalue weighted by Gasteiger charge is 2.01. The molecule has 0 saturated heterocycles. The van der Waals surface area contributed by atoms with Crippen LogP contribution in [0.25, 0.3) is 0 Å². The minimum atomic E-state index is 0.334. The van der Waals surface area contributed by atoms with Crippen molar-refractivity contribution in [2.45, 2.75) is 106 Å². The Bertz CT molecular complexity index is 150. The molecule has 0 spiro atoms. The molecule has 0 aliphatic carbocycles. The van der Waals surface area contributed by atoms with Gasteiger partial charge in [0.15, 0.2) is 0 Å². The third kappa shape index (κ3) is 31.9. The largest absolute Gasteiger partial charge is 0.300 e. The molecule has 1 unspecified atom stereocenters. The van der Waals surface area contributed by atoms with E-state index in [1.54, 1.807) is 6.92 Å². The van der Waals surface area contributed by atoms with Gasteiger partial charge in [-0.05, 0) is 19.3 Å². The van der Waals surface area contributed by atoms with Gasteiger partial charge < -0.3 is 4.79 Å². The number of carbonyl (C=O) groups is 1. The lowest BCUT2D eigenvalue weighted by molar-refractivity contribution is -0.117. The molecule has 118 valence electrons. The van der Waals surface area contributed by atoms with Crippen molar-refractivity contribution in [2.75, 3.05) is 0 Å². The Hall–Kier alpha value is -0.330. The molecule has 0 aromatic heterocycles.